The number of anilines is 2. The summed E-state index contributed by atoms with van der Waals surface area (Å²) in [7, 11) is 3.90. The molecule has 0 saturated heterocycles. The smallest absolute Gasteiger partial charge is 0.143 e. The number of likely N-dealkylation sites (N-methyl/N-ethyl adjacent to an activating group) is 1. The van der Waals surface area contributed by atoms with Crippen LogP contribution in [0, 0.1) is 0 Å². The van der Waals surface area contributed by atoms with Crippen LogP contribution >= 0.6 is 0 Å². The number of ether oxygens (including phenoxy) is 1. The van der Waals surface area contributed by atoms with Gasteiger partial charge >= 0.3 is 0 Å². The highest BCUT2D eigenvalue weighted by molar-refractivity contribution is 5.77. The molecular formula is C13H16N4O. The lowest BCUT2D eigenvalue weighted by Gasteiger charge is -2.27. The maximum absolute atomic E-state index is 5.99. The largest absolute Gasteiger partial charge is 0.490 e. The first-order valence-corrected chi connectivity index (χ1v) is 5.92. The number of hydrogen-bond acceptors (Lipinski definition) is 4. The minimum absolute atomic E-state index is 0.666. The molecule has 1 aromatic heterocycles. The standard InChI is InChI=1S/C13H16N4O/c1-16-5-6-18-12-7-9(3-4-11(12)16)10-8-15-17(2)13(10)14/h3-4,7-8H,5-6,14H2,1-2H3. The molecule has 0 bridgehead atoms. The van der Waals surface area contributed by atoms with Crippen LogP contribution in [0.3, 0.4) is 0 Å². The fourth-order valence-corrected chi connectivity index (χ4v) is 2.20. The van der Waals surface area contributed by atoms with Crippen molar-refractivity contribution in [3.05, 3.63) is 24.4 Å². The van der Waals surface area contributed by atoms with Crippen LogP contribution < -0.4 is 15.4 Å². The van der Waals surface area contributed by atoms with Crippen LogP contribution in [0.5, 0.6) is 5.75 Å². The molecule has 0 radical (unpaired) electrons. The quantitative estimate of drug-likeness (QED) is 0.826. The Morgan fingerprint density at radius 3 is 2.89 bits per heavy atom. The molecule has 94 valence electrons. The Morgan fingerprint density at radius 1 is 1.33 bits per heavy atom. The number of nitrogen functional groups attached to an aromatic ring is 1. The van der Waals surface area contributed by atoms with Gasteiger partial charge < -0.3 is 15.4 Å². The molecular weight excluding hydrogens is 228 g/mol. The second-order valence-electron chi connectivity index (χ2n) is 4.52. The van der Waals surface area contributed by atoms with E-state index in [1.807, 2.05) is 13.1 Å². The molecule has 5 heteroatoms. The van der Waals surface area contributed by atoms with Gasteiger partial charge in [0.2, 0.25) is 0 Å². The zero-order valence-corrected chi connectivity index (χ0v) is 10.6. The Morgan fingerprint density at radius 2 is 2.17 bits per heavy atom. The lowest BCUT2D eigenvalue weighted by molar-refractivity contribution is 0.311. The van der Waals surface area contributed by atoms with Gasteiger partial charge in [-0.3, -0.25) is 4.68 Å². The molecule has 1 aromatic carbocycles. The predicted octanol–water partition coefficient (Wildman–Crippen LogP) is 1.50. The van der Waals surface area contributed by atoms with Gasteiger partial charge in [0.15, 0.2) is 0 Å². The van der Waals surface area contributed by atoms with Crippen molar-refractivity contribution in [2.24, 2.45) is 7.05 Å². The summed E-state index contributed by atoms with van der Waals surface area (Å²) in [5.74, 6) is 1.57. The van der Waals surface area contributed by atoms with Crippen LogP contribution in [0.4, 0.5) is 11.5 Å². The SMILES string of the molecule is CN1CCOc2cc(-c3cnn(C)c3N)ccc21. The summed E-state index contributed by atoms with van der Waals surface area (Å²) >= 11 is 0. The Bertz CT molecular complexity index is 591. The zero-order valence-electron chi connectivity index (χ0n) is 10.6. The molecule has 18 heavy (non-hydrogen) atoms. The van der Waals surface area contributed by atoms with Gasteiger partial charge in [0.25, 0.3) is 0 Å². The van der Waals surface area contributed by atoms with Gasteiger partial charge in [0.05, 0.1) is 18.4 Å². The molecule has 0 aliphatic carbocycles. The van der Waals surface area contributed by atoms with E-state index in [9.17, 15) is 0 Å². The van der Waals surface area contributed by atoms with Gasteiger partial charge in [-0.15, -0.1) is 0 Å². The molecule has 0 spiro atoms. The number of hydrogen-bond donors (Lipinski definition) is 1. The first kappa shape index (κ1) is 11.0. The topological polar surface area (TPSA) is 56.3 Å². The van der Waals surface area contributed by atoms with Gasteiger partial charge in [0.1, 0.15) is 18.2 Å². The van der Waals surface area contributed by atoms with Crippen LogP contribution in [0.25, 0.3) is 11.1 Å². The van der Waals surface area contributed by atoms with Crippen molar-refractivity contribution in [1.29, 1.82) is 0 Å². The zero-order chi connectivity index (χ0) is 12.7. The lowest BCUT2D eigenvalue weighted by atomic mass is 10.1. The first-order chi connectivity index (χ1) is 8.66. The fraction of sp³-hybridized carbons (Fsp3) is 0.308. The summed E-state index contributed by atoms with van der Waals surface area (Å²) in [4.78, 5) is 2.19. The van der Waals surface area contributed by atoms with Crippen LogP contribution in [0.2, 0.25) is 0 Å². The van der Waals surface area contributed by atoms with Crippen molar-refractivity contribution in [3.63, 3.8) is 0 Å². The molecule has 0 atom stereocenters. The van der Waals surface area contributed by atoms with E-state index in [0.29, 0.717) is 5.82 Å². The summed E-state index contributed by atoms with van der Waals surface area (Å²) in [6, 6.07) is 6.14. The average Bonchev–Trinajstić information content (AvgIpc) is 2.70. The van der Waals surface area contributed by atoms with Crippen molar-refractivity contribution in [2.75, 3.05) is 30.8 Å². The number of aryl methyl sites for hydroxylation is 1. The molecule has 0 unspecified atom stereocenters. The highest BCUT2D eigenvalue weighted by Gasteiger charge is 2.16. The van der Waals surface area contributed by atoms with E-state index in [1.165, 1.54) is 0 Å². The molecule has 0 fully saturated rings. The number of rotatable bonds is 1. The van der Waals surface area contributed by atoms with Crippen molar-refractivity contribution in [1.82, 2.24) is 9.78 Å². The number of nitrogens with two attached hydrogens (primary N) is 1. The average molecular weight is 244 g/mol. The Kier molecular flexibility index (Phi) is 2.40. The monoisotopic (exact) mass is 244 g/mol. The minimum atomic E-state index is 0.666. The molecule has 0 amide bonds. The Labute approximate surface area is 106 Å². The third-order valence-electron chi connectivity index (χ3n) is 3.35. The number of nitrogens with zero attached hydrogens (tertiary/aromatic N) is 3. The normalized spacial score (nSPS) is 14.2. The third kappa shape index (κ3) is 1.59. The van der Waals surface area contributed by atoms with Crippen molar-refractivity contribution < 1.29 is 4.74 Å². The van der Waals surface area contributed by atoms with Gasteiger partial charge in [-0.25, -0.2) is 0 Å². The van der Waals surface area contributed by atoms with Crippen LogP contribution in [-0.2, 0) is 7.05 Å². The Hall–Kier alpha value is -2.17. The summed E-state index contributed by atoms with van der Waals surface area (Å²) in [6.07, 6.45) is 1.78. The summed E-state index contributed by atoms with van der Waals surface area (Å²) in [5, 5.41) is 4.16. The summed E-state index contributed by atoms with van der Waals surface area (Å²) in [6.45, 7) is 1.64. The number of fused-ring (bicyclic) bond motifs is 1. The maximum atomic E-state index is 5.99. The second-order valence-corrected chi connectivity index (χ2v) is 4.52. The molecule has 1 aliphatic rings. The minimum Gasteiger partial charge on any atom is -0.490 e. The van der Waals surface area contributed by atoms with Crippen molar-refractivity contribution >= 4 is 11.5 Å². The molecule has 0 saturated carbocycles. The Balaban J connectivity index is 2.07. The van der Waals surface area contributed by atoms with E-state index in [4.69, 9.17) is 10.5 Å². The molecule has 1 aliphatic heterocycles. The number of benzene rings is 1. The van der Waals surface area contributed by atoms with E-state index in [2.05, 4.69) is 29.2 Å². The molecule has 3 rings (SSSR count). The van der Waals surface area contributed by atoms with Crippen molar-refractivity contribution in [2.45, 2.75) is 0 Å². The van der Waals surface area contributed by atoms with Gasteiger partial charge in [0, 0.05) is 19.7 Å². The highest BCUT2D eigenvalue weighted by Crippen LogP contribution is 2.36. The van der Waals surface area contributed by atoms with E-state index in [1.54, 1.807) is 10.9 Å². The van der Waals surface area contributed by atoms with Crippen LogP contribution in [0.1, 0.15) is 0 Å². The van der Waals surface area contributed by atoms with Gasteiger partial charge in [-0.2, -0.15) is 5.10 Å². The maximum Gasteiger partial charge on any atom is 0.143 e. The third-order valence-corrected chi connectivity index (χ3v) is 3.35. The molecule has 5 nitrogen and oxygen atoms in total. The summed E-state index contributed by atoms with van der Waals surface area (Å²) < 4.78 is 7.36. The molecule has 2 aromatic rings. The van der Waals surface area contributed by atoms with Gasteiger partial charge in [-0.1, -0.05) is 6.07 Å². The van der Waals surface area contributed by atoms with Crippen molar-refractivity contribution in [3.8, 4) is 16.9 Å². The first-order valence-electron chi connectivity index (χ1n) is 5.92. The fourth-order valence-electron chi connectivity index (χ4n) is 2.20. The van der Waals surface area contributed by atoms with E-state index in [-0.39, 0.29) is 0 Å². The van der Waals surface area contributed by atoms with Crippen LogP contribution in [-0.4, -0.2) is 30.0 Å². The lowest BCUT2D eigenvalue weighted by Crippen LogP contribution is -2.28. The number of aromatic nitrogens is 2. The van der Waals surface area contributed by atoms with Crippen LogP contribution in [0.15, 0.2) is 24.4 Å². The predicted molar refractivity (Wildman–Crippen MR) is 71.8 cm³/mol. The second kappa shape index (κ2) is 3.94. The molecule has 2 heterocycles. The van der Waals surface area contributed by atoms with E-state index in [0.717, 1.165) is 35.7 Å². The van der Waals surface area contributed by atoms with E-state index >= 15 is 0 Å². The van der Waals surface area contributed by atoms with Gasteiger partial charge in [-0.05, 0) is 17.7 Å². The van der Waals surface area contributed by atoms with E-state index < -0.39 is 0 Å². The highest BCUT2D eigenvalue weighted by atomic mass is 16.5. The summed E-state index contributed by atoms with van der Waals surface area (Å²) in [5.41, 5.74) is 9.08. The molecule has 2 N–H and O–H groups in total.